The molecule has 2 aliphatic rings. The van der Waals surface area contributed by atoms with Crippen molar-refractivity contribution in [2.45, 2.75) is 51.7 Å². The summed E-state index contributed by atoms with van der Waals surface area (Å²) in [5.41, 5.74) is -1.23. The van der Waals surface area contributed by atoms with Gasteiger partial charge in [0, 0.05) is 23.1 Å². The molecule has 1 unspecified atom stereocenters. The molecule has 2 aromatic rings. The number of hydrogen-bond acceptors (Lipinski definition) is 4. The number of rotatable bonds is 6. The molecule has 4 N–H and O–H groups in total. The van der Waals surface area contributed by atoms with Gasteiger partial charge in [0.2, 0.25) is 0 Å². The van der Waals surface area contributed by atoms with Crippen molar-refractivity contribution in [3.8, 4) is 0 Å². The predicted molar refractivity (Wildman–Crippen MR) is 137 cm³/mol. The number of halogens is 4. The average Bonchev–Trinajstić information content (AvgIpc) is 3.63. The first-order valence-electron chi connectivity index (χ1n) is 12.1. The number of carboxylic acid groups (broad SMARTS) is 1. The van der Waals surface area contributed by atoms with Crippen molar-refractivity contribution in [3.63, 3.8) is 0 Å². The molecule has 1 aliphatic heterocycles. The van der Waals surface area contributed by atoms with Gasteiger partial charge in [-0.05, 0) is 68.5 Å². The summed E-state index contributed by atoms with van der Waals surface area (Å²) in [6.07, 6.45) is 2.98. The first-order valence-corrected chi connectivity index (χ1v) is 12.1. The zero-order chi connectivity index (χ0) is 27.8. The monoisotopic (exact) mass is 522 g/mol. The summed E-state index contributed by atoms with van der Waals surface area (Å²) < 4.78 is 55.8. The van der Waals surface area contributed by atoms with Crippen molar-refractivity contribution in [1.82, 2.24) is 9.88 Å². The quantitative estimate of drug-likeness (QED) is 0.263. The minimum Gasteiger partial charge on any atom is -0.478 e. The molecule has 4 rings (SSSR count). The highest BCUT2D eigenvalue weighted by Gasteiger charge is 2.43. The fraction of sp³-hybridized carbons (Fsp3) is 0.407. The number of aromatic nitrogens is 1. The van der Waals surface area contributed by atoms with Gasteiger partial charge in [0.05, 0.1) is 5.56 Å². The molecular formula is C27H34F4N4O2. The van der Waals surface area contributed by atoms with Crippen molar-refractivity contribution in [3.05, 3.63) is 78.2 Å². The number of carbonyl (C=O) groups is 1. The van der Waals surface area contributed by atoms with E-state index in [1.807, 2.05) is 13.8 Å². The third kappa shape index (κ3) is 7.79. The van der Waals surface area contributed by atoms with Crippen LogP contribution in [0.4, 0.5) is 23.2 Å². The lowest BCUT2D eigenvalue weighted by atomic mass is 9.95. The van der Waals surface area contributed by atoms with Crippen molar-refractivity contribution in [1.29, 1.82) is 5.41 Å². The number of carboxylic acids is 1. The molecule has 0 amide bonds. The van der Waals surface area contributed by atoms with Crippen LogP contribution in [0.3, 0.4) is 0 Å². The van der Waals surface area contributed by atoms with Gasteiger partial charge in [-0.15, -0.1) is 0 Å². The van der Waals surface area contributed by atoms with E-state index in [4.69, 9.17) is 10.5 Å². The van der Waals surface area contributed by atoms with Crippen LogP contribution in [0.5, 0.6) is 0 Å². The molecule has 2 fully saturated rings. The fourth-order valence-corrected chi connectivity index (χ4v) is 4.05. The molecule has 1 spiro atoms. The normalized spacial score (nSPS) is 16.3. The number of anilines is 1. The van der Waals surface area contributed by atoms with Gasteiger partial charge in [-0.2, -0.15) is 13.2 Å². The smallest absolute Gasteiger partial charge is 0.412 e. The maximum absolute atomic E-state index is 13.9. The number of pyridine rings is 1. The predicted octanol–water partition coefficient (Wildman–Crippen LogP) is 6.35. The highest BCUT2D eigenvalue weighted by atomic mass is 19.4. The third-order valence-electron chi connectivity index (χ3n) is 6.32. The lowest BCUT2D eigenvalue weighted by Gasteiger charge is -2.25. The molecule has 1 saturated carbocycles. The molecule has 1 aromatic carbocycles. The van der Waals surface area contributed by atoms with E-state index in [9.17, 15) is 22.4 Å². The van der Waals surface area contributed by atoms with Crippen molar-refractivity contribution in [2.75, 3.05) is 18.4 Å². The van der Waals surface area contributed by atoms with Gasteiger partial charge < -0.3 is 15.7 Å². The second-order valence-electron chi connectivity index (χ2n) is 8.75. The van der Waals surface area contributed by atoms with Crippen LogP contribution < -0.4 is 16.1 Å². The molecule has 202 valence electrons. The van der Waals surface area contributed by atoms with Crippen LogP contribution in [-0.4, -0.2) is 34.9 Å². The van der Waals surface area contributed by atoms with Gasteiger partial charge in [-0.1, -0.05) is 39.1 Å². The van der Waals surface area contributed by atoms with E-state index in [-0.39, 0.29) is 11.4 Å². The summed E-state index contributed by atoms with van der Waals surface area (Å²) in [5, 5.41) is 22.6. The van der Waals surface area contributed by atoms with Crippen LogP contribution in [0.25, 0.3) is 5.70 Å². The Morgan fingerprint density at radius 3 is 2.30 bits per heavy atom. The molecular weight excluding hydrogens is 488 g/mol. The number of nitrogens with one attached hydrogen (secondary N) is 3. The highest BCUT2D eigenvalue weighted by Crippen LogP contribution is 2.52. The van der Waals surface area contributed by atoms with Gasteiger partial charge in [-0.25, -0.2) is 9.18 Å². The van der Waals surface area contributed by atoms with Gasteiger partial charge in [0.15, 0.2) is 6.04 Å². The van der Waals surface area contributed by atoms with Crippen LogP contribution in [0, 0.1) is 16.6 Å². The summed E-state index contributed by atoms with van der Waals surface area (Å²) in [5.74, 6) is -2.45. The Labute approximate surface area is 214 Å². The van der Waals surface area contributed by atoms with E-state index < -0.39 is 40.6 Å². The van der Waals surface area contributed by atoms with Crippen LogP contribution in [-0.2, 0) is 0 Å². The Hall–Kier alpha value is -3.40. The second kappa shape index (κ2) is 12.7. The van der Waals surface area contributed by atoms with E-state index in [0.29, 0.717) is 6.07 Å². The minimum atomic E-state index is -4.94. The van der Waals surface area contributed by atoms with Crippen LogP contribution in [0.1, 0.15) is 61.5 Å². The summed E-state index contributed by atoms with van der Waals surface area (Å²) in [6, 6.07) is 3.05. The molecule has 1 saturated heterocycles. The first kappa shape index (κ1) is 29.8. The summed E-state index contributed by atoms with van der Waals surface area (Å²) in [4.78, 5) is 11.2. The first-order chi connectivity index (χ1) is 17.5. The molecule has 10 heteroatoms. The summed E-state index contributed by atoms with van der Waals surface area (Å²) in [7, 11) is 0. The van der Waals surface area contributed by atoms with Crippen LogP contribution in [0.2, 0.25) is 0 Å². The van der Waals surface area contributed by atoms with E-state index in [1.54, 1.807) is 0 Å². The maximum Gasteiger partial charge on any atom is 0.412 e. The number of aromatic carboxylic acids is 1. The number of para-hydroxylation sites is 1. The largest absolute Gasteiger partial charge is 0.478 e. The van der Waals surface area contributed by atoms with E-state index in [0.717, 1.165) is 34.4 Å². The number of benzene rings is 1. The molecule has 37 heavy (non-hydrogen) atoms. The standard InChI is InChI=1S/C18H15F4N3O2.C7H13N.C2H6/c1-3-10(2)25-9-11(19)8-13(16(25)23)15(18(20,21)22)24-14-7-5-4-6-12(14)17(26)27;1-2-7(1)3-5-8-6-4-7;1-2/h3-9,15,23-24H,1-2H2,(H,26,27);8H,1-6H2;1-2H3. The molecule has 1 aliphatic carbocycles. The summed E-state index contributed by atoms with van der Waals surface area (Å²) in [6.45, 7) is 13.5. The molecule has 1 atom stereocenters. The lowest BCUT2D eigenvalue weighted by molar-refractivity contribution is -0.144. The molecule has 1 aromatic heterocycles. The van der Waals surface area contributed by atoms with Crippen molar-refractivity contribution < 1.29 is 27.5 Å². The Balaban J connectivity index is 0.000000398. The Morgan fingerprint density at radius 1 is 1.22 bits per heavy atom. The number of nitrogens with zero attached hydrogens (tertiary/aromatic N) is 1. The SMILES string of the molecule is C1CC2(CCN1)CC2.C=CC(=C)n1cc(F)cc(C(Nc2ccccc2C(=O)O)C(F)(F)F)c1=N.CC. The Kier molecular flexibility index (Phi) is 10.2. The van der Waals surface area contributed by atoms with Gasteiger partial charge in [0.25, 0.3) is 0 Å². The number of hydrogen-bond donors (Lipinski definition) is 4. The van der Waals surface area contributed by atoms with Crippen molar-refractivity contribution in [2.24, 2.45) is 5.41 Å². The zero-order valence-corrected chi connectivity index (χ0v) is 21.1. The van der Waals surface area contributed by atoms with Gasteiger partial charge >= 0.3 is 12.1 Å². The maximum atomic E-state index is 13.9. The Morgan fingerprint density at radius 2 is 1.81 bits per heavy atom. The zero-order valence-electron chi connectivity index (χ0n) is 21.1. The lowest BCUT2D eigenvalue weighted by Crippen LogP contribution is -2.35. The molecule has 0 radical (unpaired) electrons. The Bertz CT molecular complexity index is 1160. The molecule has 2 heterocycles. The third-order valence-corrected chi connectivity index (χ3v) is 6.32. The number of piperidine rings is 1. The highest BCUT2D eigenvalue weighted by molar-refractivity contribution is 5.94. The van der Waals surface area contributed by atoms with Gasteiger partial charge in [-0.3, -0.25) is 9.98 Å². The van der Waals surface area contributed by atoms with E-state index in [2.05, 4.69) is 23.8 Å². The average molecular weight is 523 g/mol. The fourth-order valence-electron chi connectivity index (χ4n) is 4.05. The number of alkyl halides is 3. The summed E-state index contributed by atoms with van der Waals surface area (Å²) >= 11 is 0. The topological polar surface area (TPSA) is 90.1 Å². The van der Waals surface area contributed by atoms with Crippen molar-refractivity contribution >= 4 is 17.4 Å². The number of allylic oxidation sites excluding steroid dienone is 2. The molecule has 0 bridgehead atoms. The molecule has 6 nitrogen and oxygen atoms in total. The minimum absolute atomic E-state index is 0.00705. The van der Waals surface area contributed by atoms with E-state index >= 15 is 0 Å². The van der Waals surface area contributed by atoms with Crippen LogP contribution in [0.15, 0.2) is 55.8 Å². The van der Waals surface area contributed by atoms with Gasteiger partial charge in [0.1, 0.15) is 11.3 Å². The van der Waals surface area contributed by atoms with Crippen LogP contribution >= 0.6 is 0 Å². The van der Waals surface area contributed by atoms with E-state index in [1.165, 1.54) is 50.9 Å². The second-order valence-corrected chi connectivity index (χ2v) is 8.75.